The van der Waals surface area contributed by atoms with Gasteiger partial charge in [-0.25, -0.2) is 10.2 Å². The number of benzene rings is 1. The van der Waals surface area contributed by atoms with Crippen LogP contribution >= 0.6 is 0 Å². The molecule has 1 aromatic rings. The smallest absolute Gasteiger partial charge is 0.431 e. The number of nitrogens with zero attached hydrogens (tertiary/aromatic N) is 2. The van der Waals surface area contributed by atoms with Gasteiger partial charge in [-0.1, -0.05) is 44.2 Å². The molecule has 1 aromatic carbocycles. The average molecular weight is 333 g/mol. The van der Waals surface area contributed by atoms with Crippen LogP contribution in [0.25, 0.3) is 0 Å². The van der Waals surface area contributed by atoms with Crippen molar-refractivity contribution in [3.05, 3.63) is 35.9 Å². The quantitative estimate of drug-likeness (QED) is 0.569. The van der Waals surface area contributed by atoms with Gasteiger partial charge in [0.05, 0.1) is 16.7 Å². The lowest BCUT2D eigenvalue weighted by Crippen LogP contribution is -2.54. The molecule has 3 N–H and O–H groups in total. The zero-order valence-electron chi connectivity index (χ0n) is 14.3. The van der Waals surface area contributed by atoms with E-state index in [-0.39, 0.29) is 23.3 Å². The Labute approximate surface area is 140 Å². The Kier molecular flexibility index (Phi) is 4.66. The molecule has 24 heavy (non-hydrogen) atoms. The summed E-state index contributed by atoms with van der Waals surface area (Å²) in [5.74, 6) is -0.441. The van der Waals surface area contributed by atoms with Crippen molar-refractivity contribution >= 4 is 17.7 Å². The molecular weight excluding hydrogens is 310 g/mol. The van der Waals surface area contributed by atoms with Crippen molar-refractivity contribution in [2.75, 3.05) is 0 Å². The first-order valence-electron chi connectivity index (χ1n) is 7.79. The van der Waals surface area contributed by atoms with Gasteiger partial charge >= 0.3 is 6.09 Å². The molecule has 1 unspecified atom stereocenters. The first-order chi connectivity index (χ1) is 11.1. The summed E-state index contributed by atoms with van der Waals surface area (Å²) in [5, 5.41) is 23.5. The van der Waals surface area contributed by atoms with Gasteiger partial charge in [-0.2, -0.15) is 10.2 Å². The first-order valence-corrected chi connectivity index (χ1v) is 7.79. The third-order valence-electron chi connectivity index (χ3n) is 4.60. The summed E-state index contributed by atoms with van der Waals surface area (Å²) < 4.78 is 0. The predicted octanol–water partition coefficient (Wildman–Crippen LogP) is 2.70. The van der Waals surface area contributed by atoms with Gasteiger partial charge < -0.3 is 5.11 Å². The van der Waals surface area contributed by atoms with Crippen LogP contribution in [0.1, 0.15) is 39.7 Å². The van der Waals surface area contributed by atoms with Crippen LogP contribution < -0.4 is 5.43 Å². The molecule has 0 fully saturated rings. The Bertz CT molecular complexity index is 670. The lowest BCUT2D eigenvalue weighted by Gasteiger charge is -2.41. The molecule has 7 nitrogen and oxygen atoms in total. The van der Waals surface area contributed by atoms with E-state index in [9.17, 15) is 14.8 Å². The molecule has 2 amide bonds. The van der Waals surface area contributed by atoms with E-state index in [0.29, 0.717) is 5.71 Å². The fourth-order valence-corrected chi connectivity index (χ4v) is 3.25. The van der Waals surface area contributed by atoms with Gasteiger partial charge in [0.15, 0.2) is 0 Å². The van der Waals surface area contributed by atoms with Crippen LogP contribution in [0, 0.1) is 11.3 Å². The second-order valence-corrected chi connectivity index (χ2v) is 6.98. The minimum Gasteiger partial charge on any atom is -0.463 e. The van der Waals surface area contributed by atoms with E-state index in [2.05, 4.69) is 10.5 Å². The Balaban J connectivity index is 2.51. The maximum atomic E-state index is 12.7. The highest BCUT2D eigenvalue weighted by atomic mass is 16.6. The number of hydrogen-bond donors (Lipinski definition) is 3. The number of nitrogens with one attached hydrogen (secondary N) is 1. The van der Waals surface area contributed by atoms with Gasteiger partial charge in [0.25, 0.3) is 5.91 Å². The monoisotopic (exact) mass is 333 g/mol. The molecule has 130 valence electrons. The lowest BCUT2D eigenvalue weighted by atomic mass is 9.65. The van der Waals surface area contributed by atoms with Crippen molar-refractivity contribution in [1.29, 1.82) is 0 Å². The van der Waals surface area contributed by atoms with Crippen LogP contribution in [-0.4, -0.2) is 38.6 Å². The van der Waals surface area contributed by atoms with E-state index in [1.165, 1.54) is 0 Å². The number of hydrazone groups is 1. The second kappa shape index (κ2) is 6.24. The zero-order valence-corrected chi connectivity index (χ0v) is 14.3. The van der Waals surface area contributed by atoms with Gasteiger partial charge in [0.2, 0.25) is 0 Å². The van der Waals surface area contributed by atoms with Crippen molar-refractivity contribution in [3.63, 3.8) is 0 Å². The maximum absolute atomic E-state index is 12.7. The van der Waals surface area contributed by atoms with Crippen molar-refractivity contribution in [2.24, 2.45) is 16.4 Å². The first kappa shape index (κ1) is 17.9. The summed E-state index contributed by atoms with van der Waals surface area (Å²) in [4.78, 5) is 23.9. The van der Waals surface area contributed by atoms with E-state index in [0.717, 1.165) is 5.56 Å². The molecule has 2 rings (SSSR count). The Morgan fingerprint density at radius 2 is 1.92 bits per heavy atom. The molecule has 0 saturated heterocycles. The van der Waals surface area contributed by atoms with Crippen LogP contribution in [0.2, 0.25) is 0 Å². The van der Waals surface area contributed by atoms with E-state index >= 15 is 0 Å². The molecule has 1 aliphatic rings. The summed E-state index contributed by atoms with van der Waals surface area (Å²) in [7, 11) is 0. The molecule has 0 spiro atoms. The normalized spacial score (nSPS) is 20.8. The van der Waals surface area contributed by atoms with Crippen LogP contribution in [0.4, 0.5) is 4.79 Å². The molecule has 0 saturated carbocycles. The van der Waals surface area contributed by atoms with Crippen molar-refractivity contribution in [2.45, 2.75) is 39.7 Å². The van der Waals surface area contributed by atoms with Gasteiger partial charge in [0.1, 0.15) is 0 Å². The molecule has 0 bridgehead atoms. The summed E-state index contributed by atoms with van der Waals surface area (Å²) in [6.07, 6.45) is -1.37. The highest BCUT2D eigenvalue weighted by molar-refractivity contribution is 6.20. The Morgan fingerprint density at radius 1 is 1.33 bits per heavy atom. The fourth-order valence-electron chi connectivity index (χ4n) is 3.25. The third kappa shape index (κ3) is 2.87. The van der Waals surface area contributed by atoms with Crippen molar-refractivity contribution in [1.82, 2.24) is 10.5 Å². The molecule has 7 heteroatoms. The number of carbonyl (C=O) groups excluding carboxylic acids is 1. The van der Waals surface area contributed by atoms with E-state index in [4.69, 9.17) is 5.11 Å². The predicted molar refractivity (Wildman–Crippen MR) is 88.7 cm³/mol. The molecule has 0 aromatic heterocycles. The van der Waals surface area contributed by atoms with Crippen molar-refractivity contribution in [3.8, 4) is 0 Å². The van der Waals surface area contributed by atoms with E-state index < -0.39 is 17.0 Å². The van der Waals surface area contributed by atoms with Crippen molar-refractivity contribution < 1.29 is 19.9 Å². The molecule has 1 aliphatic heterocycles. The average Bonchev–Trinajstić information content (AvgIpc) is 2.84. The number of carbonyl (C=O) groups is 2. The molecule has 1 heterocycles. The van der Waals surface area contributed by atoms with E-state index in [1.807, 2.05) is 44.2 Å². The third-order valence-corrected chi connectivity index (χ3v) is 4.60. The van der Waals surface area contributed by atoms with Gasteiger partial charge in [-0.3, -0.25) is 10.0 Å². The summed E-state index contributed by atoms with van der Waals surface area (Å²) >= 11 is 0. The zero-order chi connectivity index (χ0) is 18.1. The van der Waals surface area contributed by atoms with Gasteiger partial charge in [-0.05, 0) is 31.7 Å². The lowest BCUT2D eigenvalue weighted by molar-refractivity contribution is -0.148. The second-order valence-electron chi connectivity index (χ2n) is 6.98. The largest absolute Gasteiger partial charge is 0.463 e. The molecular formula is C17H23N3O4. The minimum atomic E-state index is -1.46. The standard InChI is InChI=1S/C17H23N3O4/c1-11(2)17(10-16(3,4)20(24)15(22)23)13(18-19-14(17)21)12-8-6-5-7-9-12/h5-9,11,24H,10H2,1-4H3,(H,19,21)(H,22,23). The number of hydrogen-bond acceptors (Lipinski definition) is 4. The van der Waals surface area contributed by atoms with Crippen LogP contribution in [0.5, 0.6) is 0 Å². The SMILES string of the molecule is CC(C)C1(CC(C)(C)N(O)C(=O)O)C(=O)NN=C1c1ccccc1. The number of carboxylic acid groups (broad SMARTS) is 1. The molecule has 0 aliphatic carbocycles. The topological polar surface area (TPSA) is 102 Å². The van der Waals surface area contributed by atoms with E-state index in [1.54, 1.807) is 13.8 Å². The van der Waals surface area contributed by atoms with Crippen LogP contribution in [0.3, 0.4) is 0 Å². The fraction of sp³-hybridized carbons (Fsp3) is 0.471. The summed E-state index contributed by atoms with van der Waals surface area (Å²) in [6, 6.07) is 9.29. The Morgan fingerprint density at radius 3 is 2.42 bits per heavy atom. The summed E-state index contributed by atoms with van der Waals surface area (Å²) in [6.45, 7) is 6.95. The summed E-state index contributed by atoms with van der Waals surface area (Å²) in [5.41, 5.74) is 1.68. The van der Waals surface area contributed by atoms with Crippen LogP contribution in [0.15, 0.2) is 35.4 Å². The number of hydroxylamine groups is 2. The minimum absolute atomic E-state index is 0.0972. The van der Waals surface area contributed by atoms with Crippen LogP contribution in [-0.2, 0) is 4.79 Å². The molecule has 0 radical (unpaired) electrons. The highest BCUT2D eigenvalue weighted by Gasteiger charge is 2.54. The van der Waals surface area contributed by atoms with Gasteiger partial charge in [0, 0.05) is 0 Å². The highest BCUT2D eigenvalue weighted by Crippen LogP contribution is 2.43. The number of amides is 2. The number of rotatable bonds is 5. The maximum Gasteiger partial charge on any atom is 0.431 e. The molecule has 1 atom stereocenters. The van der Waals surface area contributed by atoms with Gasteiger partial charge in [-0.15, -0.1) is 0 Å². The Hall–Kier alpha value is -2.41.